The zero-order valence-electron chi connectivity index (χ0n) is 17.8. The van der Waals surface area contributed by atoms with Crippen molar-refractivity contribution in [2.45, 2.75) is 12.5 Å². The molecule has 0 saturated heterocycles. The number of hydrogen-bond acceptors (Lipinski definition) is 5. The van der Waals surface area contributed by atoms with E-state index in [0.29, 0.717) is 32.2 Å². The number of nitrogens with zero attached hydrogens (tertiary/aromatic N) is 3. The largest absolute Gasteiger partial charge is 0.494 e. The highest BCUT2D eigenvalue weighted by Gasteiger charge is 2.33. The molecule has 5 rings (SSSR count). The molecule has 0 saturated carbocycles. The lowest BCUT2D eigenvalue weighted by molar-refractivity contribution is 0.386. The molecule has 172 valence electrons. The Morgan fingerprint density at radius 1 is 0.971 bits per heavy atom. The molecule has 2 heterocycles. The predicted molar refractivity (Wildman–Crippen MR) is 138 cm³/mol. The van der Waals surface area contributed by atoms with Gasteiger partial charge in [-0.2, -0.15) is 5.10 Å². The van der Waals surface area contributed by atoms with Crippen LogP contribution in [0.25, 0.3) is 11.3 Å². The third-order valence-corrected chi connectivity index (χ3v) is 7.19. The van der Waals surface area contributed by atoms with Crippen molar-refractivity contribution in [3.8, 4) is 17.0 Å². The van der Waals surface area contributed by atoms with Crippen LogP contribution in [0.2, 0.25) is 15.1 Å². The normalized spacial score (nSPS) is 15.5. The fourth-order valence-electron chi connectivity index (χ4n) is 3.84. The number of rotatable bonds is 5. The molecule has 9 heteroatoms. The lowest BCUT2D eigenvalue weighted by atomic mass is 9.98. The summed E-state index contributed by atoms with van der Waals surface area (Å²) in [4.78, 5) is 4.82. The van der Waals surface area contributed by atoms with Crippen LogP contribution in [0.5, 0.6) is 5.75 Å². The van der Waals surface area contributed by atoms with Crippen LogP contribution in [0.4, 0.5) is 9.52 Å². The van der Waals surface area contributed by atoms with E-state index < -0.39 is 5.82 Å². The predicted octanol–water partition coefficient (Wildman–Crippen LogP) is 8.27. The van der Waals surface area contributed by atoms with Crippen molar-refractivity contribution >= 4 is 57.0 Å². The lowest BCUT2D eigenvalue weighted by Gasteiger charge is -2.22. The lowest BCUT2D eigenvalue weighted by Crippen LogP contribution is -2.18. The van der Waals surface area contributed by atoms with Gasteiger partial charge in [-0.1, -0.05) is 53.0 Å². The zero-order chi connectivity index (χ0) is 23.8. The molecule has 0 spiro atoms. The summed E-state index contributed by atoms with van der Waals surface area (Å²) in [6.45, 7) is 0. The molecule has 3 aromatic carbocycles. The van der Waals surface area contributed by atoms with Crippen molar-refractivity contribution in [1.29, 1.82) is 0 Å². The molecule has 1 atom stereocenters. The molecule has 1 aliphatic rings. The van der Waals surface area contributed by atoms with Crippen LogP contribution in [0, 0.1) is 5.82 Å². The third kappa shape index (κ3) is 4.51. The minimum absolute atomic E-state index is 0.184. The summed E-state index contributed by atoms with van der Waals surface area (Å²) in [7, 11) is 1.44. The molecular formula is C25H17Cl3FN3OS. The number of hydrogen-bond donors (Lipinski definition) is 0. The second-order valence-corrected chi connectivity index (χ2v) is 9.77. The molecule has 0 fully saturated rings. The Kier molecular flexibility index (Phi) is 6.49. The summed E-state index contributed by atoms with van der Waals surface area (Å²) in [5, 5.41) is 11.1. The van der Waals surface area contributed by atoms with Gasteiger partial charge in [0.1, 0.15) is 0 Å². The highest BCUT2D eigenvalue weighted by molar-refractivity contribution is 7.14. The Bertz CT molecular complexity index is 1390. The molecule has 1 aliphatic heterocycles. The van der Waals surface area contributed by atoms with Crippen LogP contribution >= 0.6 is 46.1 Å². The topological polar surface area (TPSA) is 37.7 Å². The molecule has 0 radical (unpaired) electrons. The minimum Gasteiger partial charge on any atom is -0.494 e. The summed E-state index contributed by atoms with van der Waals surface area (Å²) in [5.41, 5.74) is 4.03. The van der Waals surface area contributed by atoms with Gasteiger partial charge < -0.3 is 4.74 Å². The molecule has 4 aromatic rings. The van der Waals surface area contributed by atoms with Gasteiger partial charge in [-0.05, 0) is 48.0 Å². The maximum Gasteiger partial charge on any atom is 0.207 e. The summed E-state index contributed by atoms with van der Waals surface area (Å²) in [5.74, 6) is -0.259. The SMILES string of the molecule is COc1ccc(C2=NN(c3nc(-c4ccc(Cl)cc4)cs3)[C@H](c3ccc(Cl)cc3Cl)C2)cc1F. The van der Waals surface area contributed by atoms with Crippen LogP contribution in [-0.2, 0) is 0 Å². The van der Waals surface area contributed by atoms with Crippen molar-refractivity contribution in [2.24, 2.45) is 5.10 Å². The van der Waals surface area contributed by atoms with E-state index in [9.17, 15) is 4.39 Å². The maximum atomic E-state index is 14.4. The monoisotopic (exact) mass is 531 g/mol. The number of benzene rings is 3. The van der Waals surface area contributed by atoms with Crippen molar-refractivity contribution < 1.29 is 9.13 Å². The molecular weight excluding hydrogens is 516 g/mol. The van der Waals surface area contributed by atoms with Crippen LogP contribution in [0.3, 0.4) is 0 Å². The summed E-state index contributed by atoms with van der Waals surface area (Å²) < 4.78 is 19.5. The number of hydrazone groups is 1. The summed E-state index contributed by atoms with van der Waals surface area (Å²) >= 11 is 20.2. The molecule has 0 bridgehead atoms. The first kappa shape index (κ1) is 23.1. The van der Waals surface area contributed by atoms with Gasteiger partial charge in [0.05, 0.1) is 24.6 Å². The van der Waals surface area contributed by atoms with Gasteiger partial charge in [-0.3, -0.25) is 0 Å². The molecule has 0 amide bonds. The number of ether oxygens (including phenoxy) is 1. The number of halogens is 4. The first-order valence-electron chi connectivity index (χ1n) is 10.3. The Labute approximate surface area is 215 Å². The van der Waals surface area contributed by atoms with E-state index in [1.807, 2.05) is 40.7 Å². The smallest absolute Gasteiger partial charge is 0.207 e. The Balaban J connectivity index is 1.55. The minimum atomic E-state index is -0.443. The summed E-state index contributed by atoms with van der Waals surface area (Å²) in [6.07, 6.45) is 0.517. The quantitative estimate of drug-likeness (QED) is 0.259. The number of aromatic nitrogens is 1. The van der Waals surface area contributed by atoms with Gasteiger partial charge in [-0.25, -0.2) is 14.4 Å². The molecule has 1 aromatic heterocycles. The van der Waals surface area contributed by atoms with Gasteiger partial charge in [-0.15, -0.1) is 11.3 Å². The molecule has 0 N–H and O–H groups in total. The Morgan fingerprint density at radius 3 is 2.41 bits per heavy atom. The Hall–Kier alpha value is -2.64. The van der Waals surface area contributed by atoms with E-state index in [4.69, 9.17) is 49.6 Å². The fourth-order valence-corrected chi connectivity index (χ4v) is 5.34. The fraction of sp³-hybridized carbons (Fsp3) is 0.120. The van der Waals surface area contributed by atoms with Crippen LogP contribution < -0.4 is 9.75 Å². The van der Waals surface area contributed by atoms with Crippen LogP contribution in [0.15, 0.2) is 71.1 Å². The van der Waals surface area contributed by atoms with Crippen LogP contribution in [-0.4, -0.2) is 17.8 Å². The number of anilines is 1. The van der Waals surface area contributed by atoms with Gasteiger partial charge in [0.15, 0.2) is 11.6 Å². The van der Waals surface area contributed by atoms with E-state index in [0.717, 1.165) is 22.5 Å². The highest BCUT2D eigenvalue weighted by atomic mass is 35.5. The van der Waals surface area contributed by atoms with Gasteiger partial charge in [0.2, 0.25) is 5.13 Å². The number of methoxy groups -OCH3 is 1. The van der Waals surface area contributed by atoms with E-state index in [1.54, 1.807) is 24.3 Å². The van der Waals surface area contributed by atoms with Crippen LogP contribution in [0.1, 0.15) is 23.6 Å². The standard InChI is InChI=1S/C25H17Cl3FN3OS/c1-33-24-9-4-15(10-20(24)29)21-12-23(18-8-7-17(27)11-19(18)28)32(31-21)25-30-22(13-34-25)14-2-5-16(26)6-3-14/h2-11,13,23H,12H2,1H3/t23-/m0/s1. The van der Waals surface area contributed by atoms with Crippen molar-refractivity contribution in [2.75, 3.05) is 12.1 Å². The second kappa shape index (κ2) is 9.55. The average molecular weight is 533 g/mol. The first-order valence-corrected chi connectivity index (χ1v) is 12.3. The zero-order valence-corrected chi connectivity index (χ0v) is 20.9. The third-order valence-electron chi connectivity index (χ3n) is 5.54. The van der Waals surface area contributed by atoms with E-state index in [-0.39, 0.29) is 11.8 Å². The van der Waals surface area contributed by atoms with E-state index >= 15 is 0 Å². The van der Waals surface area contributed by atoms with Crippen molar-refractivity contribution in [1.82, 2.24) is 4.98 Å². The van der Waals surface area contributed by atoms with Crippen molar-refractivity contribution in [3.05, 3.63) is 98.1 Å². The second-order valence-electron chi connectivity index (χ2n) is 7.65. The molecule has 0 aliphatic carbocycles. The molecule has 34 heavy (non-hydrogen) atoms. The van der Waals surface area contributed by atoms with Gasteiger partial charge in [0, 0.05) is 38.0 Å². The molecule has 0 unspecified atom stereocenters. The summed E-state index contributed by atoms with van der Waals surface area (Å²) in [6, 6.07) is 17.5. The van der Waals surface area contributed by atoms with E-state index in [2.05, 4.69) is 0 Å². The number of thiazole rings is 1. The van der Waals surface area contributed by atoms with Gasteiger partial charge >= 0.3 is 0 Å². The highest BCUT2D eigenvalue weighted by Crippen LogP contribution is 2.42. The molecule has 4 nitrogen and oxygen atoms in total. The maximum absolute atomic E-state index is 14.4. The van der Waals surface area contributed by atoms with E-state index in [1.165, 1.54) is 24.5 Å². The average Bonchev–Trinajstić information content (AvgIpc) is 3.47. The first-order chi connectivity index (χ1) is 16.4. The van der Waals surface area contributed by atoms with Gasteiger partial charge in [0.25, 0.3) is 0 Å². The van der Waals surface area contributed by atoms with Crippen molar-refractivity contribution in [3.63, 3.8) is 0 Å². The Morgan fingerprint density at radius 2 is 1.71 bits per heavy atom.